The first kappa shape index (κ1) is 11.8. The third-order valence-electron chi connectivity index (χ3n) is 2.08. The number of carbonyl (C=O) groups is 1. The van der Waals surface area contributed by atoms with Gasteiger partial charge in [0.25, 0.3) is 0 Å². The van der Waals surface area contributed by atoms with E-state index in [2.05, 4.69) is 4.98 Å². The summed E-state index contributed by atoms with van der Waals surface area (Å²) in [6.45, 7) is 0. The minimum absolute atomic E-state index is 0.146. The number of alkyl halides is 3. The molecule has 0 aliphatic carbocycles. The number of fused-ring (bicyclic) bond motifs is 1. The van der Waals surface area contributed by atoms with Crippen molar-refractivity contribution in [2.24, 2.45) is 0 Å². The molecule has 0 amide bonds. The lowest BCUT2D eigenvalue weighted by Crippen LogP contribution is -2.24. The van der Waals surface area contributed by atoms with Crippen LogP contribution in [0.25, 0.3) is 10.2 Å². The summed E-state index contributed by atoms with van der Waals surface area (Å²) in [4.78, 5) is 14.7. The largest absolute Gasteiger partial charge is 0.450 e. The summed E-state index contributed by atoms with van der Waals surface area (Å²) >= 11 is 1.04. The van der Waals surface area contributed by atoms with E-state index in [1.54, 1.807) is 18.2 Å². The summed E-state index contributed by atoms with van der Waals surface area (Å²) in [5.74, 6) is -1.79. The van der Waals surface area contributed by atoms with Gasteiger partial charge >= 0.3 is 6.18 Å². The molecule has 3 nitrogen and oxygen atoms in total. The molecule has 0 unspecified atom stereocenters. The lowest BCUT2D eigenvalue weighted by atomic mass is 10.3. The molecule has 0 radical (unpaired) electrons. The number of nitrogens with two attached hydrogens (primary N) is 1. The standard InChI is InChI=1S/C10H7F3N2OS/c11-10(12,13)8(16)4-9-15-6-2-1-5(14)3-7(6)17-9/h1-3H,4,14H2. The van der Waals surface area contributed by atoms with Gasteiger partial charge in [-0.1, -0.05) is 0 Å². The molecule has 1 aromatic heterocycles. The molecule has 0 fully saturated rings. The van der Waals surface area contributed by atoms with Gasteiger partial charge < -0.3 is 5.73 Å². The zero-order valence-corrected chi connectivity index (χ0v) is 9.23. The van der Waals surface area contributed by atoms with Gasteiger partial charge in [-0.3, -0.25) is 4.79 Å². The first-order chi connectivity index (χ1) is 7.86. The molecule has 17 heavy (non-hydrogen) atoms. The molecule has 2 rings (SSSR count). The van der Waals surface area contributed by atoms with Crippen LogP contribution in [0.2, 0.25) is 0 Å². The van der Waals surface area contributed by atoms with Crippen LogP contribution in [-0.4, -0.2) is 16.9 Å². The van der Waals surface area contributed by atoms with Crippen molar-refractivity contribution in [2.45, 2.75) is 12.6 Å². The highest BCUT2D eigenvalue weighted by Gasteiger charge is 2.38. The van der Waals surface area contributed by atoms with E-state index in [1.807, 2.05) is 0 Å². The summed E-state index contributed by atoms with van der Waals surface area (Å²) in [7, 11) is 0. The third kappa shape index (κ3) is 2.55. The van der Waals surface area contributed by atoms with E-state index < -0.39 is 18.4 Å². The number of aromatic nitrogens is 1. The van der Waals surface area contributed by atoms with Crippen LogP contribution in [0, 0.1) is 0 Å². The van der Waals surface area contributed by atoms with Crippen molar-refractivity contribution in [3.63, 3.8) is 0 Å². The number of carbonyl (C=O) groups excluding carboxylic acids is 1. The van der Waals surface area contributed by atoms with Gasteiger partial charge in [-0.05, 0) is 18.2 Å². The summed E-state index contributed by atoms with van der Waals surface area (Å²) in [6.07, 6.45) is -5.53. The molecule has 1 aromatic carbocycles. The first-order valence-electron chi connectivity index (χ1n) is 4.61. The topological polar surface area (TPSA) is 56.0 Å². The number of thiazole rings is 1. The number of nitrogen functional groups attached to an aromatic ring is 1. The Morgan fingerprint density at radius 2 is 2.12 bits per heavy atom. The van der Waals surface area contributed by atoms with E-state index >= 15 is 0 Å². The summed E-state index contributed by atoms with van der Waals surface area (Å²) in [5, 5.41) is 0.146. The maximum Gasteiger partial charge on any atom is 0.450 e. The van der Waals surface area contributed by atoms with Crippen LogP contribution in [0.3, 0.4) is 0 Å². The molecule has 2 N–H and O–H groups in total. The average Bonchev–Trinajstić information content (AvgIpc) is 2.57. The summed E-state index contributed by atoms with van der Waals surface area (Å²) in [5.41, 5.74) is 6.59. The fourth-order valence-corrected chi connectivity index (χ4v) is 2.32. The van der Waals surface area contributed by atoms with Gasteiger partial charge in [-0.15, -0.1) is 11.3 Å². The summed E-state index contributed by atoms with van der Waals surface area (Å²) < 4.78 is 36.9. The molecule has 0 aliphatic heterocycles. The normalized spacial score (nSPS) is 11.9. The number of Topliss-reactive ketones (excluding diaryl/α,β-unsaturated/α-hetero) is 1. The molecular weight excluding hydrogens is 253 g/mol. The van der Waals surface area contributed by atoms with Crippen LogP contribution in [0.5, 0.6) is 0 Å². The van der Waals surface area contributed by atoms with Gasteiger partial charge in [-0.25, -0.2) is 4.98 Å². The molecule has 0 saturated heterocycles. The highest BCUT2D eigenvalue weighted by molar-refractivity contribution is 7.18. The van der Waals surface area contributed by atoms with Crippen molar-refractivity contribution in [1.82, 2.24) is 4.98 Å². The van der Waals surface area contributed by atoms with E-state index in [9.17, 15) is 18.0 Å². The minimum atomic E-state index is -4.81. The molecule has 0 atom stereocenters. The quantitative estimate of drug-likeness (QED) is 0.844. The number of rotatable bonds is 2. The predicted octanol–water partition coefficient (Wildman–Crippen LogP) is 2.55. The van der Waals surface area contributed by atoms with Crippen LogP contribution in [0.15, 0.2) is 18.2 Å². The monoisotopic (exact) mass is 260 g/mol. The number of anilines is 1. The molecule has 1 heterocycles. The van der Waals surface area contributed by atoms with Crippen molar-refractivity contribution in [1.29, 1.82) is 0 Å². The van der Waals surface area contributed by atoms with E-state index in [0.717, 1.165) is 11.3 Å². The second kappa shape index (κ2) is 3.99. The van der Waals surface area contributed by atoms with Crippen molar-refractivity contribution in [3.05, 3.63) is 23.2 Å². The van der Waals surface area contributed by atoms with Crippen molar-refractivity contribution in [2.75, 3.05) is 5.73 Å². The van der Waals surface area contributed by atoms with Crippen LogP contribution in [0.4, 0.5) is 18.9 Å². The Hall–Kier alpha value is -1.63. The van der Waals surface area contributed by atoms with Crippen molar-refractivity contribution in [3.8, 4) is 0 Å². The van der Waals surface area contributed by atoms with E-state index in [-0.39, 0.29) is 5.01 Å². The Morgan fingerprint density at radius 1 is 1.41 bits per heavy atom. The zero-order valence-electron chi connectivity index (χ0n) is 8.41. The first-order valence-corrected chi connectivity index (χ1v) is 5.43. The smallest absolute Gasteiger partial charge is 0.399 e. The Morgan fingerprint density at radius 3 is 2.76 bits per heavy atom. The van der Waals surface area contributed by atoms with E-state index in [1.165, 1.54) is 0 Å². The number of benzene rings is 1. The van der Waals surface area contributed by atoms with Crippen LogP contribution < -0.4 is 5.73 Å². The van der Waals surface area contributed by atoms with E-state index in [0.29, 0.717) is 15.9 Å². The molecule has 0 spiro atoms. The van der Waals surface area contributed by atoms with Gasteiger partial charge in [0.2, 0.25) is 5.78 Å². The highest BCUT2D eigenvalue weighted by Crippen LogP contribution is 2.26. The van der Waals surface area contributed by atoms with Crippen molar-refractivity contribution >= 4 is 33.0 Å². The number of hydrogen-bond acceptors (Lipinski definition) is 4. The fraction of sp³-hybridized carbons (Fsp3) is 0.200. The molecule has 90 valence electrons. The van der Waals surface area contributed by atoms with Gasteiger partial charge in [0, 0.05) is 5.69 Å². The average molecular weight is 260 g/mol. The fourth-order valence-electron chi connectivity index (χ4n) is 1.30. The van der Waals surface area contributed by atoms with Gasteiger partial charge in [0.15, 0.2) is 0 Å². The number of ketones is 1. The number of halogens is 3. The maximum atomic E-state index is 12.1. The number of hydrogen-bond donors (Lipinski definition) is 1. The molecular formula is C10H7F3N2OS. The second-order valence-corrected chi connectivity index (χ2v) is 4.55. The molecule has 0 aliphatic rings. The molecule has 0 bridgehead atoms. The predicted molar refractivity (Wildman–Crippen MR) is 58.8 cm³/mol. The van der Waals surface area contributed by atoms with Crippen LogP contribution in [-0.2, 0) is 11.2 Å². The lowest BCUT2D eigenvalue weighted by molar-refractivity contribution is -0.170. The third-order valence-corrected chi connectivity index (χ3v) is 3.10. The number of nitrogens with zero attached hydrogens (tertiary/aromatic N) is 1. The van der Waals surface area contributed by atoms with Gasteiger partial charge in [-0.2, -0.15) is 13.2 Å². The van der Waals surface area contributed by atoms with E-state index in [4.69, 9.17) is 5.73 Å². The zero-order chi connectivity index (χ0) is 12.6. The van der Waals surface area contributed by atoms with Crippen LogP contribution in [0.1, 0.15) is 5.01 Å². The molecule has 2 aromatic rings. The van der Waals surface area contributed by atoms with Gasteiger partial charge in [0.1, 0.15) is 5.01 Å². The summed E-state index contributed by atoms with van der Waals surface area (Å²) in [6, 6.07) is 4.84. The molecule has 7 heteroatoms. The lowest BCUT2D eigenvalue weighted by Gasteiger charge is -2.01. The van der Waals surface area contributed by atoms with Crippen LogP contribution >= 0.6 is 11.3 Å². The second-order valence-electron chi connectivity index (χ2n) is 3.43. The maximum absolute atomic E-state index is 12.1. The SMILES string of the molecule is Nc1ccc2nc(CC(=O)C(F)(F)F)sc2c1. The van der Waals surface area contributed by atoms with Gasteiger partial charge in [0.05, 0.1) is 16.6 Å². The Bertz CT molecular complexity index is 576. The molecule has 0 saturated carbocycles. The van der Waals surface area contributed by atoms with Crippen molar-refractivity contribution < 1.29 is 18.0 Å². The Kier molecular flexibility index (Phi) is 2.78. The highest BCUT2D eigenvalue weighted by atomic mass is 32.1. The Balaban J connectivity index is 2.29. The minimum Gasteiger partial charge on any atom is -0.399 e. The Labute approximate surface area is 98.1 Å².